The molecule has 3 aromatic carbocycles. The highest BCUT2D eigenvalue weighted by atomic mass is 35.5. The fourth-order valence-electron chi connectivity index (χ4n) is 3.18. The number of benzene rings is 3. The topological polar surface area (TPSA) is 94.8 Å². The van der Waals surface area contributed by atoms with Crippen LogP contribution in [0.25, 0.3) is 0 Å². The largest absolute Gasteiger partial charge is 0.508 e. The fraction of sp³-hybridized carbons (Fsp3) is 0.0526. The molecule has 0 aliphatic carbocycles. The van der Waals surface area contributed by atoms with E-state index < -0.39 is 20.6 Å². The minimum Gasteiger partial charge on any atom is -0.508 e. The maximum atomic E-state index is 13.0. The Balaban J connectivity index is 2.61. The average molecular weight is 494 g/mol. The Kier molecular flexibility index (Phi) is 5.98. The van der Waals surface area contributed by atoms with Crippen molar-refractivity contribution in [2.45, 2.75) is 4.75 Å². The third kappa shape index (κ3) is 3.65. The third-order valence-electron chi connectivity index (χ3n) is 4.40. The molecule has 29 heavy (non-hydrogen) atoms. The lowest BCUT2D eigenvalue weighted by molar-refractivity contribution is 0.456. The van der Waals surface area contributed by atoms with E-state index in [0.717, 1.165) is 12.1 Å². The predicted molar refractivity (Wildman–Crippen MR) is 114 cm³/mol. The summed E-state index contributed by atoms with van der Waals surface area (Å²) in [5.74, 6) is -0.595. The lowest BCUT2D eigenvalue weighted by Gasteiger charge is -2.34. The van der Waals surface area contributed by atoms with Gasteiger partial charge in [-0.3, -0.25) is 4.55 Å². The Morgan fingerprint density at radius 3 is 1.66 bits per heavy atom. The summed E-state index contributed by atoms with van der Waals surface area (Å²) in [5.41, 5.74) is -0.256. The van der Waals surface area contributed by atoms with Gasteiger partial charge in [-0.25, -0.2) is 0 Å². The summed E-state index contributed by atoms with van der Waals surface area (Å²) in [6.45, 7) is 0. The van der Waals surface area contributed by atoms with Crippen molar-refractivity contribution < 1.29 is 23.2 Å². The van der Waals surface area contributed by atoms with Crippen molar-refractivity contribution >= 4 is 56.5 Å². The highest BCUT2D eigenvalue weighted by Crippen LogP contribution is 2.51. The zero-order valence-corrected chi connectivity index (χ0v) is 18.1. The molecule has 3 aromatic rings. The van der Waals surface area contributed by atoms with Crippen molar-refractivity contribution in [1.82, 2.24) is 0 Å². The van der Waals surface area contributed by atoms with Gasteiger partial charge in [0.05, 0.1) is 10.0 Å². The zero-order chi connectivity index (χ0) is 21.6. The number of rotatable bonds is 4. The van der Waals surface area contributed by atoms with E-state index in [2.05, 4.69) is 0 Å². The van der Waals surface area contributed by atoms with Gasteiger partial charge in [0.1, 0.15) is 5.75 Å². The molecule has 0 saturated heterocycles. The summed E-state index contributed by atoms with van der Waals surface area (Å²) in [5, 5.41) is 19.0. The Hall–Kier alpha value is -1.67. The van der Waals surface area contributed by atoms with Crippen LogP contribution in [0.5, 0.6) is 11.5 Å². The van der Waals surface area contributed by atoms with E-state index in [4.69, 9.17) is 46.4 Å². The van der Waals surface area contributed by atoms with E-state index in [1.807, 2.05) is 0 Å². The van der Waals surface area contributed by atoms with Gasteiger partial charge in [-0.1, -0.05) is 64.6 Å². The molecular weight excluding hydrogens is 482 g/mol. The molecule has 0 aromatic heterocycles. The predicted octanol–water partition coefficient (Wildman–Crippen LogP) is 5.89. The van der Waals surface area contributed by atoms with E-state index in [1.165, 1.54) is 42.5 Å². The maximum Gasteiger partial charge on any atom is 0.283 e. The molecule has 3 N–H and O–H groups in total. The Bertz CT molecular complexity index is 1150. The highest BCUT2D eigenvalue weighted by Gasteiger charge is 2.51. The van der Waals surface area contributed by atoms with Gasteiger partial charge in [0.25, 0.3) is 10.1 Å². The van der Waals surface area contributed by atoms with Gasteiger partial charge in [0.2, 0.25) is 0 Å². The van der Waals surface area contributed by atoms with Gasteiger partial charge in [0.15, 0.2) is 10.5 Å². The number of hydrogen-bond donors (Lipinski definition) is 3. The van der Waals surface area contributed by atoms with Crippen LogP contribution in [0, 0.1) is 0 Å². The van der Waals surface area contributed by atoms with Crippen molar-refractivity contribution in [3.63, 3.8) is 0 Å². The van der Waals surface area contributed by atoms with E-state index in [-0.39, 0.29) is 42.5 Å². The van der Waals surface area contributed by atoms with Crippen LogP contribution in [0.2, 0.25) is 20.1 Å². The van der Waals surface area contributed by atoms with E-state index in [9.17, 15) is 23.2 Å². The van der Waals surface area contributed by atoms with Crippen LogP contribution < -0.4 is 0 Å². The minimum atomic E-state index is -5.04. The molecule has 0 amide bonds. The van der Waals surface area contributed by atoms with Crippen molar-refractivity contribution in [2.75, 3.05) is 0 Å². The van der Waals surface area contributed by atoms with Gasteiger partial charge < -0.3 is 10.2 Å². The van der Waals surface area contributed by atoms with Gasteiger partial charge in [-0.05, 0) is 47.5 Å². The standard InChI is InChI=1S/C19H12Cl4O5S/c20-13-2-1-3-14(21)17(13)19(29(26,27)28,10-4-6-12(24)7-5-10)11-8-15(22)18(25)16(23)9-11/h1-9,24-25H,(H,26,27,28). The second-order valence-electron chi connectivity index (χ2n) is 6.09. The Morgan fingerprint density at radius 2 is 1.21 bits per heavy atom. The number of phenols is 2. The first kappa shape index (κ1) is 22.0. The Labute approximate surface area is 186 Å². The summed E-state index contributed by atoms with van der Waals surface area (Å²) in [4.78, 5) is 0. The van der Waals surface area contributed by atoms with Crippen LogP contribution in [-0.4, -0.2) is 23.2 Å². The maximum absolute atomic E-state index is 13.0. The molecule has 0 aliphatic rings. The molecule has 1 unspecified atom stereocenters. The monoisotopic (exact) mass is 492 g/mol. The van der Waals surface area contributed by atoms with Crippen molar-refractivity contribution in [3.8, 4) is 11.5 Å². The molecule has 5 nitrogen and oxygen atoms in total. The summed E-state index contributed by atoms with van der Waals surface area (Å²) in [6.07, 6.45) is 0. The average Bonchev–Trinajstić information content (AvgIpc) is 2.62. The summed E-state index contributed by atoms with van der Waals surface area (Å²) in [7, 11) is -5.04. The van der Waals surface area contributed by atoms with Gasteiger partial charge >= 0.3 is 0 Å². The number of phenolic OH excluding ortho intramolecular Hbond substituents is 2. The molecular formula is C19H12Cl4O5S. The number of aromatic hydroxyl groups is 2. The number of halogens is 4. The molecule has 0 heterocycles. The molecule has 10 heteroatoms. The molecule has 152 valence electrons. The zero-order valence-electron chi connectivity index (χ0n) is 14.3. The van der Waals surface area contributed by atoms with E-state index in [0.29, 0.717) is 0 Å². The Morgan fingerprint density at radius 1 is 0.724 bits per heavy atom. The molecule has 0 aliphatic heterocycles. The first-order valence-electron chi connectivity index (χ1n) is 7.89. The van der Waals surface area contributed by atoms with Crippen LogP contribution in [0.15, 0.2) is 54.6 Å². The van der Waals surface area contributed by atoms with Gasteiger partial charge in [0, 0.05) is 15.6 Å². The second-order valence-corrected chi connectivity index (χ2v) is 9.28. The lowest BCUT2D eigenvalue weighted by atomic mass is 9.83. The molecule has 1 atom stereocenters. The molecule has 0 bridgehead atoms. The quantitative estimate of drug-likeness (QED) is 0.311. The number of hydrogen-bond acceptors (Lipinski definition) is 4. The van der Waals surface area contributed by atoms with E-state index >= 15 is 0 Å². The lowest BCUT2D eigenvalue weighted by Crippen LogP contribution is -2.39. The van der Waals surface area contributed by atoms with Crippen LogP contribution in [0.1, 0.15) is 16.7 Å². The highest BCUT2D eigenvalue weighted by molar-refractivity contribution is 7.87. The van der Waals surface area contributed by atoms with Crippen molar-refractivity contribution in [2.24, 2.45) is 0 Å². The van der Waals surface area contributed by atoms with Crippen LogP contribution in [-0.2, 0) is 14.9 Å². The van der Waals surface area contributed by atoms with Gasteiger partial charge in [-0.15, -0.1) is 0 Å². The SMILES string of the molecule is O=S(=O)(O)C(c1ccc(O)cc1)(c1cc(Cl)c(O)c(Cl)c1)c1c(Cl)cccc1Cl. The summed E-state index contributed by atoms with van der Waals surface area (Å²) < 4.78 is 34.1. The second kappa shape index (κ2) is 7.87. The first-order chi connectivity index (χ1) is 13.5. The summed E-state index contributed by atoms with van der Waals surface area (Å²) in [6, 6.07) is 11.7. The molecule has 0 saturated carbocycles. The third-order valence-corrected chi connectivity index (χ3v) is 7.05. The van der Waals surface area contributed by atoms with Crippen LogP contribution >= 0.6 is 46.4 Å². The normalized spacial score (nSPS) is 13.8. The molecule has 3 rings (SSSR count). The van der Waals surface area contributed by atoms with Crippen molar-refractivity contribution in [1.29, 1.82) is 0 Å². The van der Waals surface area contributed by atoms with Crippen molar-refractivity contribution in [3.05, 3.63) is 91.4 Å². The molecule has 0 radical (unpaired) electrons. The molecule has 0 fully saturated rings. The van der Waals surface area contributed by atoms with E-state index in [1.54, 1.807) is 0 Å². The summed E-state index contributed by atoms with van der Waals surface area (Å²) >= 11 is 24.8. The van der Waals surface area contributed by atoms with Gasteiger partial charge in [-0.2, -0.15) is 8.42 Å². The fourth-order valence-corrected chi connectivity index (χ4v) is 5.79. The molecule has 0 spiro atoms. The first-order valence-corrected chi connectivity index (χ1v) is 10.8. The van der Waals surface area contributed by atoms with Crippen LogP contribution in [0.3, 0.4) is 0 Å². The smallest absolute Gasteiger partial charge is 0.283 e. The minimum absolute atomic E-state index is 0.00521. The van der Waals surface area contributed by atoms with Crippen LogP contribution in [0.4, 0.5) is 0 Å².